The second-order valence-electron chi connectivity index (χ2n) is 6.32. The minimum absolute atomic E-state index is 0.00672. The Morgan fingerprint density at radius 2 is 1.60 bits per heavy atom. The number of carbonyl (C=O) groups excluding carboxylic acids is 1. The fourth-order valence-corrected chi connectivity index (χ4v) is 3.45. The van der Waals surface area contributed by atoms with E-state index in [4.69, 9.17) is 0 Å². The van der Waals surface area contributed by atoms with Crippen LogP contribution in [0.3, 0.4) is 0 Å². The molecule has 0 aliphatic rings. The molecule has 0 radical (unpaired) electrons. The van der Waals surface area contributed by atoms with Crippen LogP contribution in [0.5, 0.6) is 0 Å². The number of amides is 1. The van der Waals surface area contributed by atoms with E-state index in [1.807, 2.05) is 37.3 Å². The fourth-order valence-electron chi connectivity index (χ4n) is 2.82. The van der Waals surface area contributed by atoms with Gasteiger partial charge in [-0.15, -0.1) is 0 Å². The summed E-state index contributed by atoms with van der Waals surface area (Å²) in [6.07, 6.45) is 2.89. The second-order valence-corrected chi connectivity index (χ2v) is 8.34. The number of carbonyl (C=O) groups is 1. The molecule has 4 nitrogen and oxygen atoms in total. The zero-order valence-corrected chi connectivity index (χ0v) is 15.7. The highest BCUT2D eigenvalue weighted by Gasteiger charge is 2.21. The van der Waals surface area contributed by atoms with Gasteiger partial charge in [-0.1, -0.05) is 55.8 Å². The molecule has 0 heterocycles. The van der Waals surface area contributed by atoms with Gasteiger partial charge in [0.2, 0.25) is 5.91 Å². The fraction of sp³-hybridized carbons (Fsp3) is 0.350. The average molecular weight is 359 g/mol. The van der Waals surface area contributed by atoms with Crippen LogP contribution in [0.15, 0.2) is 59.5 Å². The van der Waals surface area contributed by atoms with Crippen molar-refractivity contribution < 1.29 is 13.2 Å². The first-order valence-corrected chi connectivity index (χ1v) is 10.4. The maximum absolute atomic E-state index is 12.7. The third kappa shape index (κ3) is 5.16. The monoisotopic (exact) mass is 359 g/mol. The molecule has 0 aromatic heterocycles. The summed E-state index contributed by atoms with van der Waals surface area (Å²) in [7, 11) is -3.21. The van der Waals surface area contributed by atoms with E-state index in [9.17, 15) is 13.2 Å². The summed E-state index contributed by atoms with van der Waals surface area (Å²) in [6, 6.07) is 16.2. The standard InChI is InChI=1S/C20H25NO3S/c1-4-8-19(17-9-6-5-7-10-17)20(22)21-15(2)16-11-13-18(14-12-16)25(3,23)24/h5-7,9-15,19H,4,8H2,1-3H3,(H,21,22)/t15-,19-/m1/s1. The molecule has 0 spiro atoms. The smallest absolute Gasteiger partial charge is 0.228 e. The first-order chi connectivity index (χ1) is 11.8. The summed E-state index contributed by atoms with van der Waals surface area (Å²) < 4.78 is 23.1. The van der Waals surface area contributed by atoms with Crippen molar-refractivity contribution >= 4 is 15.7 Å². The van der Waals surface area contributed by atoms with Crippen LogP contribution >= 0.6 is 0 Å². The van der Waals surface area contributed by atoms with Crippen molar-refractivity contribution in [3.8, 4) is 0 Å². The average Bonchev–Trinajstić information content (AvgIpc) is 2.59. The maximum atomic E-state index is 12.7. The third-order valence-corrected chi connectivity index (χ3v) is 5.39. The number of nitrogens with one attached hydrogen (secondary N) is 1. The quantitative estimate of drug-likeness (QED) is 0.817. The maximum Gasteiger partial charge on any atom is 0.228 e. The van der Waals surface area contributed by atoms with Crippen LogP contribution in [0.2, 0.25) is 0 Å². The minimum atomic E-state index is -3.21. The molecule has 2 aromatic rings. The largest absolute Gasteiger partial charge is 0.349 e. The van der Waals surface area contributed by atoms with Crippen LogP contribution in [0, 0.1) is 0 Å². The van der Waals surface area contributed by atoms with Crippen molar-refractivity contribution in [2.45, 2.75) is 43.5 Å². The first kappa shape index (κ1) is 19.2. The van der Waals surface area contributed by atoms with Crippen LogP contribution in [0.1, 0.15) is 49.8 Å². The van der Waals surface area contributed by atoms with Gasteiger partial charge in [-0.25, -0.2) is 8.42 Å². The molecule has 0 aliphatic heterocycles. The van der Waals surface area contributed by atoms with Gasteiger partial charge in [0.05, 0.1) is 16.9 Å². The molecule has 1 N–H and O–H groups in total. The lowest BCUT2D eigenvalue weighted by molar-refractivity contribution is -0.123. The summed E-state index contributed by atoms with van der Waals surface area (Å²) in [4.78, 5) is 13.0. The highest BCUT2D eigenvalue weighted by atomic mass is 32.2. The second kappa shape index (κ2) is 8.30. The molecule has 2 aromatic carbocycles. The molecule has 2 rings (SSSR count). The van der Waals surface area contributed by atoms with Gasteiger partial charge < -0.3 is 5.32 Å². The molecule has 0 fully saturated rings. The minimum Gasteiger partial charge on any atom is -0.349 e. The molecule has 0 aliphatic carbocycles. The lowest BCUT2D eigenvalue weighted by atomic mass is 9.93. The van der Waals surface area contributed by atoms with Crippen molar-refractivity contribution in [2.75, 3.05) is 6.26 Å². The summed E-state index contributed by atoms with van der Waals surface area (Å²) in [5.74, 6) is -0.184. The van der Waals surface area contributed by atoms with Gasteiger partial charge in [-0.3, -0.25) is 4.79 Å². The van der Waals surface area contributed by atoms with E-state index in [-0.39, 0.29) is 22.8 Å². The highest BCUT2D eigenvalue weighted by molar-refractivity contribution is 7.90. The van der Waals surface area contributed by atoms with Gasteiger partial charge in [-0.05, 0) is 36.6 Å². The number of benzene rings is 2. The Kier molecular flexibility index (Phi) is 6.37. The predicted octanol–water partition coefficient (Wildman–Crippen LogP) is 3.85. The van der Waals surface area contributed by atoms with Gasteiger partial charge >= 0.3 is 0 Å². The summed E-state index contributed by atoms with van der Waals surface area (Å²) in [5, 5.41) is 3.05. The lowest BCUT2D eigenvalue weighted by Gasteiger charge is -2.21. The zero-order chi connectivity index (χ0) is 18.4. The van der Waals surface area contributed by atoms with Crippen molar-refractivity contribution in [3.63, 3.8) is 0 Å². The molecular weight excluding hydrogens is 334 g/mol. The van der Waals surface area contributed by atoms with Crippen molar-refractivity contribution in [1.82, 2.24) is 5.32 Å². The summed E-state index contributed by atoms with van der Waals surface area (Å²) in [5.41, 5.74) is 1.89. The molecule has 134 valence electrons. The van der Waals surface area contributed by atoms with Crippen molar-refractivity contribution in [1.29, 1.82) is 0 Å². The van der Waals surface area contributed by atoms with Gasteiger partial charge in [0.25, 0.3) is 0 Å². The first-order valence-electron chi connectivity index (χ1n) is 8.48. The number of sulfone groups is 1. The molecule has 0 saturated heterocycles. The SMILES string of the molecule is CCC[C@@H](C(=O)N[C@H](C)c1ccc(S(C)(=O)=O)cc1)c1ccccc1. The molecule has 0 saturated carbocycles. The van der Waals surface area contributed by atoms with E-state index in [0.717, 1.165) is 24.0 Å². The molecule has 5 heteroatoms. The van der Waals surface area contributed by atoms with Crippen LogP contribution in [0.4, 0.5) is 0 Å². The highest BCUT2D eigenvalue weighted by Crippen LogP contribution is 2.23. The lowest BCUT2D eigenvalue weighted by Crippen LogP contribution is -2.31. The number of rotatable bonds is 7. The van der Waals surface area contributed by atoms with Gasteiger partial charge in [-0.2, -0.15) is 0 Å². The molecule has 2 atom stereocenters. The Hall–Kier alpha value is -2.14. The molecular formula is C20H25NO3S. The predicted molar refractivity (Wildman–Crippen MR) is 100 cm³/mol. The zero-order valence-electron chi connectivity index (χ0n) is 14.9. The van der Waals surface area contributed by atoms with Crippen molar-refractivity contribution in [3.05, 3.63) is 65.7 Å². The van der Waals surface area contributed by atoms with Crippen molar-refractivity contribution in [2.24, 2.45) is 0 Å². The van der Waals surface area contributed by atoms with Gasteiger partial charge in [0.15, 0.2) is 9.84 Å². The Bertz CT molecular complexity index is 799. The molecule has 25 heavy (non-hydrogen) atoms. The Labute approximate surface area is 150 Å². The van der Waals surface area contributed by atoms with E-state index in [1.54, 1.807) is 24.3 Å². The molecule has 1 amide bonds. The van der Waals surface area contributed by atoms with Gasteiger partial charge in [0, 0.05) is 6.26 Å². The number of hydrogen-bond acceptors (Lipinski definition) is 3. The number of hydrogen-bond donors (Lipinski definition) is 1. The molecule has 0 unspecified atom stereocenters. The van der Waals surface area contributed by atoms with E-state index in [0.29, 0.717) is 0 Å². The van der Waals surface area contributed by atoms with Gasteiger partial charge in [0.1, 0.15) is 0 Å². The Morgan fingerprint density at radius 1 is 1.00 bits per heavy atom. The van der Waals surface area contributed by atoms with Crippen LogP contribution in [-0.2, 0) is 14.6 Å². The third-order valence-electron chi connectivity index (χ3n) is 4.26. The Morgan fingerprint density at radius 3 is 2.12 bits per heavy atom. The van der Waals surface area contributed by atoms with E-state index in [1.165, 1.54) is 6.26 Å². The molecule has 0 bridgehead atoms. The van der Waals surface area contributed by atoms with E-state index in [2.05, 4.69) is 12.2 Å². The van der Waals surface area contributed by atoms with E-state index >= 15 is 0 Å². The topological polar surface area (TPSA) is 63.2 Å². The van der Waals surface area contributed by atoms with Crippen LogP contribution in [0.25, 0.3) is 0 Å². The normalized spacial score (nSPS) is 13.9. The van der Waals surface area contributed by atoms with Crippen LogP contribution in [-0.4, -0.2) is 20.6 Å². The summed E-state index contributed by atoms with van der Waals surface area (Å²) >= 11 is 0. The van der Waals surface area contributed by atoms with Crippen LogP contribution < -0.4 is 5.32 Å². The Balaban J connectivity index is 2.12. The van der Waals surface area contributed by atoms with E-state index < -0.39 is 9.84 Å². The summed E-state index contributed by atoms with van der Waals surface area (Å²) in [6.45, 7) is 3.97.